The van der Waals surface area contributed by atoms with Gasteiger partial charge in [-0.2, -0.15) is 0 Å². The fraction of sp³-hybridized carbons (Fsp3) is 0.800. The first-order valence-corrected chi connectivity index (χ1v) is 5.61. The number of likely N-dealkylation sites (tertiary alicyclic amines) is 2. The highest BCUT2D eigenvalue weighted by atomic mass is 16.4. The van der Waals surface area contributed by atoms with Crippen LogP contribution in [-0.2, 0) is 4.79 Å². The molecular weight excluding hydrogens is 210 g/mol. The van der Waals surface area contributed by atoms with E-state index in [0.29, 0.717) is 13.0 Å². The summed E-state index contributed by atoms with van der Waals surface area (Å²) in [7, 11) is 0. The third-order valence-electron chi connectivity index (χ3n) is 3.57. The van der Waals surface area contributed by atoms with Crippen LogP contribution in [-0.4, -0.2) is 59.1 Å². The maximum Gasteiger partial charge on any atom is 0.407 e. The van der Waals surface area contributed by atoms with Crippen LogP contribution >= 0.6 is 0 Å². The molecule has 6 heteroatoms. The molecular formula is C10H17N3O3. The molecule has 0 aliphatic carbocycles. The largest absolute Gasteiger partial charge is 0.465 e. The van der Waals surface area contributed by atoms with Gasteiger partial charge in [-0.1, -0.05) is 0 Å². The summed E-state index contributed by atoms with van der Waals surface area (Å²) in [5.41, 5.74) is 5.35. The van der Waals surface area contributed by atoms with Crippen LogP contribution in [0.3, 0.4) is 0 Å². The molecule has 0 spiro atoms. The molecule has 2 atom stereocenters. The smallest absolute Gasteiger partial charge is 0.407 e. The van der Waals surface area contributed by atoms with Gasteiger partial charge in [-0.25, -0.2) is 4.79 Å². The van der Waals surface area contributed by atoms with Crippen LogP contribution in [0.2, 0.25) is 0 Å². The van der Waals surface area contributed by atoms with E-state index >= 15 is 0 Å². The molecule has 3 N–H and O–H groups in total. The number of nitrogens with two attached hydrogens (primary N) is 1. The van der Waals surface area contributed by atoms with E-state index in [-0.39, 0.29) is 24.4 Å². The van der Waals surface area contributed by atoms with Gasteiger partial charge in [0.25, 0.3) is 0 Å². The zero-order valence-electron chi connectivity index (χ0n) is 9.13. The Balaban J connectivity index is 2.04. The molecule has 2 aliphatic heterocycles. The van der Waals surface area contributed by atoms with Crippen LogP contribution in [0.4, 0.5) is 4.79 Å². The number of amides is 2. The molecule has 2 fully saturated rings. The zero-order chi connectivity index (χ0) is 11.7. The number of carbonyl (C=O) groups excluding carboxylic acids is 1. The molecule has 0 aromatic rings. The van der Waals surface area contributed by atoms with E-state index in [2.05, 4.69) is 4.90 Å². The topological polar surface area (TPSA) is 86.9 Å². The lowest BCUT2D eigenvalue weighted by atomic mass is 9.88. The number of rotatable bonds is 2. The Morgan fingerprint density at radius 2 is 1.94 bits per heavy atom. The van der Waals surface area contributed by atoms with Gasteiger partial charge in [-0.3, -0.25) is 9.69 Å². The summed E-state index contributed by atoms with van der Waals surface area (Å²) in [6.07, 6.45) is 0.901. The second-order valence-corrected chi connectivity index (χ2v) is 4.48. The van der Waals surface area contributed by atoms with Gasteiger partial charge >= 0.3 is 6.09 Å². The van der Waals surface area contributed by atoms with Gasteiger partial charge in [0, 0.05) is 19.1 Å². The first-order valence-electron chi connectivity index (χ1n) is 5.61. The van der Waals surface area contributed by atoms with E-state index in [0.717, 1.165) is 19.5 Å². The van der Waals surface area contributed by atoms with Gasteiger partial charge < -0.3 is 15.7 Å². The number of carbonyl (C=O) groups is 2. The highest BCUT2D eigenvalue weighted by Crippen LogP contribution is 2.26. The van der Waals surface area contributed by atoms with Gasteiger partial charge in [0.1, 0.15) is 0 Å². The number of hydrogen-bond donors (Lipinski definition) is 2. The van der Waals surface area contributed by atoms with Crippen molar-refractivity contribution in [3.63, 3.8) is 0 Å². The van der Waals surface area contributed by atoms with Crippen molar-refractivity contribution in [3.05, 3.63) is 0 Å². The Kier molecular flexibility index (Phi) is 3.00. The summed E-state index contributed by atoms with van der Waals surface area (Å²) in [6.45, 7) is 2.75. The minimum absolute atomic E-state index is 0.141. The Labute approximate surface area is 94.0 Å². The van der Waals surface area contributed by atoms with E-state index in [9.17, 15) is 9.59 Å². The second kappa shape index (κ2) is 4.29. The van der Waals surface area contributed by atoms with E-state index < -0.39 is 6.09 Å². The standard InChI is InChI=1S/C10H17N3O3/c11-9(14)7-6-13(10(15)16)5-2-8(7)12-3-1-4-12/h7-8H,1-6H2,(H2,11,14)(H,15,16). The molecule has 90 valence electrons. The van der Waals surface area contributed by atoms with Gasteiger partial charge in [-0.15, -0.1) is 0 Å². The SMILES string of the molecule is NC(=O)C1CN(C(=O)O)CCC1N1CCC1. The molecule has 0 radical (unpaired) electrons. The highest BCUT2D eigenvalue weighted by Gasteiger charge is 2.39. The van der Waals surface area contributed by atoms with Gasteiger partial charge in [0.05, 0.1) is 5.92 Å². The minimum Gasteiger partial charge on any atom is -0.465 e. The van der Waals surface area contributed by atoms with E-state index in [1.165, 1.54) is 4.90 Å². The van der Waals surface area contributed by atoms with E-state index in [4.69, 9.17) is 10.8 Å². The van der Waals surface area contributed by atoms with Gasteiger partial charge in [-0.05, 0) is 25.9 Å². The predicted octanol–water partition coefficient (Wildman–Crippen LogP) is -0.454. The monoisotopic (exact) mass is 227 g/mol. The van der Waals surface area contributed by atoms with Crippen LogP contribution in [0.5, 0.6) is 0 Å². The lowest BCUT2D eigenvalue weighted by molar-refractivity contribution is -0.127. The summed E-state index contributed by atoms with van der Waals surface area (Å²) in [5.74, 6) is -0.743. The van der Waals surface area contributed by atoms with Crippen molar-refractivity contribution in [2.45, 2.75) is 18.9 Å². The summed E-state index contributed by atoms with van der Waals surface area (Å²) in [4.78, 5) is 25.7. The molecule has 2 amide bonds. The van der Waals surface area contributed by atoms with Crippen LogP contribution in [0.15, 0.2) is 0 Å². The van der Waals surface area contributed by atoms with Crippen LogP contribution in [0.1, 0.15) is 12.8 Å². The van der Waals surface area contributed by atoms with Crippen LogP contribution in [0, 0.1) is 5.92 Å². The van der Waals surface area contributed by atoms with Crippen LogP contribution < -0.4 is 5.73 Å². The van der Waals surface area contributed by atoms with Crippen molar-refractivity contribution >= 4 is 12.0 Å². The molecule has 16 heavy (non-hydrogen) atoms. The maximum atomic E-state index is 11.4. The lowest BCUT2D eigenvalue weighted by Gasteiger charge is -2.45. The summed E-state index contributed by atoms with van der Waals surface area (Å²) < 4.78 is 0. The van der Waals surface area contributed by atoms with Crippen molar-refractivity contribution in [1.82, 2.24) is 9.80 Å². The quantitative estimate of drug-likeness (QED) is 0.668. The van der Waals surface area contributed by atoms with E-state index in [1.807, 2.05) is 0 Å². The molecule has 2 saturated heterocycles. The van der Waals surface area contributed by atoms with Crippen molar-refractivity contribution in [3.8, 4) is 0 Å². The first-order chi connectivity index (χ1) is 7.59. The number of primary amides is 1. The third-order valence-corrected chi connectivity index (χ3v) is 3.57. The normalized spacial score (nSPS) is 30.9. The Morgan fingerprint density at radius 3 is 2.38 bits per heavy atom. The third kappa shape index (κ3) is 1.97. The maximum absolute atomic E-state index is 11.4. The first kappa shape index (κ1) is 11.2. The Morgan fingerprint density at radius 1 is 1.25 bits per heavy atom. The molecule has 2 rings (SSSR count). The Hall–Kier alpha value is -1.30. The molecule has 0 aromatic heterocycles. The van der Waals surface area contributed by atoms with Gasteiger partial charge in [0.2, 0.25) is 5.91 Å². The number of piperidine rings is 1. The summed E-state index contributed by atoms with van der Waals surface area (Å²) in [6, 6.07) is 0.141. The van der Waals surface area contributed by atoms with Crippen molar-refractivity contribution in [2.24, 2.45) is 11.7 Å². The Bertz CT molecular complexity index is 304. The second-order valence-electron chi connectivity index (χ2n) is 4.48. The molecule has 0 aromatic carbocycles. The number of nitrogens with zero attached hydrogens (tertiary/aromatic N) is 2. The van der Waals surface area contributed by atoms with Crippen LogP contribution in [0.25, 0.3) is 0 Å². The molecule has 0 bridgehead atoms. The van der Waals surface area contributed by atoms with Gasteiger partial charge in [0.15, 0.2) is 0 Å². The zero-order valence-corrected chi connectivity index (χ0v) is 9.13. The fourth-order valence-electron chi connectivity index (χ4n) is 2.50. The molecule has 0 saturated carbocycles. The molecule has 2 unspecified atom stereocenters. The number of carboxylic acid groups (broad SMARTS) is 1. The van der Waals surface area contributed by atoms with Crippen molar-refractivity contribution < 1.29 is 14.7 Å². The summed E-state index contributed by atoms with van der Waals surface area (Å²) in [5, 5.41) is 8.89. The fourth-order valence-corrected chi connectivity index (χ4v) is 2.50. The number of hydrogen-bond acceptors (Lipinski definition) is 3. The lowest BCUT2D eigenvalue weighted by Crippen LogP contribution is -2.59. The van der Waals surface area contributed by atoms with Crippen molar-refractivity contribution in [2.75, 3.05) is 26.2 Å². The summed E-state index contributed by atoms with van der Waals surface area (Å²) >= 11 is 0. The highest BCUT2D eigenvalue weighted by molar-refractivity contribution is 5.78. The minimum atomic E-state index is -0.965. The molecule has 2 aliphatic rings. The molecule has 2 heterocycles. The van der Waals surface area contributed by atoms with Crippen molar-refractivity contribution in [1.29, 1.82) is 0 Å². The average Bonchev–Trinajstić information content (AvgIpc) is 2.14. The predicted molar refractivity (Wildman–Crippen MR) is 56.9 cm³/mol. The molecule has 6 nitrogen and oxygen atoms in total. The van der Waals surface area contributed by atoms with E-state index in [1.54, 1.807) is 0 Å². The average molecular weight is 227 g/mol.